The van der Waals surface area contributed by atoms with Gasteiger partial charge < -0.3 is 5.11 Å². The molecule has 7 heteroatoms. The summed E-state index contributed by atoms with van der Waals surface area (Å²) in [5, 5.41) is 9.60. The first-order valence-electron chi connectivity index (χ1n) is 7.28. The van der Waals surface area contributed by atoms with Crippen molar-refractivity contribution < 1.29 is 19.1 Å². The second-order valence-electron chi connectivity index (χ2n) is 5.26. The molecule has 0 unspecified atom stereocenters. The molecule has 0 saturated carbocycles. The lowest BCUT2D eigenvalue weighted by atomic mass is 10.1. The van der Waals surface area contributed by atoms with Crippen LogP contribution in [0.5, 0.6) is 0 Å². The zero-order chi connectivity index (χ0) is 18.0. The molecule has 3 rings (SSSR count). The van der Waals surface area contributed by atoms with Crippen molar-refractivity contribution >= 4 is 46.3 Å². The van der Waals surface area contributed by atoms with Gasteiger partial charge in [-0.3, -0.25) is 9.69 Å². The normalized spacial score (nSPS) is 17.2. The summed E-state index contributed by atoms with van der Waals surface area (Å²) in [6, 6.07) is 13.0. The van der Waals surface area contributed by atoms with Gasteiger partial charge >= 0.3 is 5.97 Å². The summed E-state index contributed by atoms with van der Waals surface area (Å²) >= 11 is 6.23. The number of amides is 1. The van der Waals surface area contributed by atoms with Crippen LogP contribution >= 0.6 is 24.0 Å². The Labute approximate surface area is 153 Å². The fraction of sp³-hybridized carbons (Fsp3) is 0.0556. The van der Waals surface area contributed by atoms with Crippen LogP contribution in [0.25, 0.3) is 6.08 Å². The van der Waals surface area contributed by atoms with Crippen molar-refractivity contribution in [1.29, 1.82) is 0 Å². The molecule has 25 heavy (non-hydrogen) atoms. The summed E-state index contributed by atoms with van der Waals surface area (Å²) < 4.78 is 13.5. The second-order valence-corrected chi connectivity index (χ2v) is 6.93. The van der Waals surface area contributed by atoms with Gasteiger partial charge in [0.1, 0.15) is 10.1 Å². The minimum atomic E-state index is -1.20. The summed E-state index contributed by atoms with van der Waals surface area (Å²) in [4.78, 5) is 25.8. The number of thioether (sulfide) groups is 1. The topological polar surface area (TPSA) is 57.6 Å². The average molecular weight is 373 g/mol. The lowest BCUT2D eigenvalue weighted by molar-refractivity contribution is -0.145. The lowest BCUT2D eigenvalue weighted by Crippen LogP contribution is -2.37. The van der Waals surface area contributed by atoms with Crippen molar-refractivity contribution in [2.45, 2.75) is 6.04 Å². The number of carboxylic acid groups (broad SMARTS) is 1. The van der Waals surface area contributed by atoms with E-state index in [1.165, 1.54) is 24.3 Å². The van der Waals surface area contributed by atoms with Gasteiger partial charge in [0, 0.05) is 0 Å². The largest absolute Gasteiger partial charge is 0.479 e. The van der Waals surface area contributed by atoms with Crippen molar-refractivity contribution in [2.75, 3.05) is 0 Å². The van der Waals surface area contributed by atoms with Crippen LogP contribution in [0.1, 0.15) is 17.2 Å². The van der Waals surface area contributed by atoms with Crippen molar-refractivity contribution in [1.82, 2.24) is 4.90 Å². The minimum absolute atomic E-state index is 0.156. The van der Waals surface area contributed by atoms with Crippen molar-refractivity contribution in [3.63, 3.8) is 0 Å². The molecular formula is C18H12FNO3S2. The summed E-state index contributed by atoms with van der Waals surface area (Å²) in [6.45, 7) is 0. The minimum Gasteiger partial charge on any atom is -0.479 e. The van der Waals surface area contributed by atoms with Gasteiger partial charge in [0.2, 0.25) is 0 Å². The van der Waals surface area contributed by atoms with Crippen molar-refractivity contribution in [3.8, 4) is 0 Å². The number of hydrogen-bond donors (Lipinski definition) is 1. The molecule has 1 aliphatic heterocycles. The molecule has 1 saturated heterocycles. The Bertz CT molecular complexity index is 883. The molecule has 4 nitrogen and oxygen atoms in total. The second kappa shape index (κ2) is 7.16. The van der Waals surface area contributed by atoms with E-state index in [0.29, 0.717) is 11.1 Å². The molecule has 1 aliphatic rings. The van der Waals surface area contributed by atoms with Gasteiger partial charge in [-0.2, -0.15) is 0 Å². The molecule has 1 atom stereocenters. The fourth-order valence-corrected chi connectivity index (χ4v) is 3.80. The predicted molar refractivity (Wildman–Crippen MR) is 98.2 cm³/mol. The van der Waals surface area contributed by atoms with Crippen molar-refractivity contribution in [2.24, 2.45) is 0 Å². The van der Waals surface area contributed by atoms with E-state index in [0.717, 1.165) is 16.7 Å². The number of carboxylic acids is 1. The summed E-state index contributed by atoms with van der Waals surface area (Å²) in [5.74, 6) is -2.10. The Balaban J connectivity index is 1.96. The molecular weight excluding hydrogens is 361 g/mol. The van der Waals surface area contributed by atoms with Gasteiger partial charge in [-0.1, -0.05) is 66.4 Å². The molecule has 1 fully saturated rings. The molecule has 1 N–H and O–H groups in total. The van der Waals surface area contributed by atoms with Gasteiger partial charge in [0.05, 0.1) is 4.91 Å². The molecule has 2 aromatic rings. The first kappa shape index (κ1) is 17.3. The summed E-state index contributed by atoms with van der Waals surface area (Å²) in [6.07, 6.45) is 1.51. The third-order valence-electron chi connectivity index (χ3n) is 3.58. The highest BCUT2D eigenvalue weighted by molar-refractivity contribution is 8.26. The third kappa shape index (κ3) is 3.62. The lowest BCUT2D eigenvalue weighted by Gasteiger charge is -2.23. The number of carbonyl (C=O) groups is 2. The van der Waals surface area contributed by atoms with E-state index in [-0.39, 0.29) is 9.23 Å². The van der Waals surface area contributed by atoms with Crippen molar-refractivity contribution in [3.05, 3.63) is 76.4 Å². The number of benzene rings is 2. The Morgan fingerprint density at radius 2 is 1.92 bits per heavy atom. The van der Waals surface area contributed by atoms with Gasteiger partial charge in [0.15, 0.2) is 6.04 Å². The Hall–Kier alpha value is -2.51. The molecule has 1 amide bonds. The highest BCUT2D eigenvalue weighted by atomic mass is 32.2. The van der Waals surface area contributed by atoms with Crippen LogP contribution < -0.4 is 0 Å². The van der Waals surface area contributed by atoms with E-state index in [2.05, 4.69) is 0 Å². The Morgan fingerprint density at radius 3 is 2.56 bits per heavy atom. The van der Waals surface area contributed by atoms with Gasteiger partial charge in [0.25, 0.3) is 5.91 Å². The molecule has 1 heterocycles. The number of rotatable bonds is 4. The number of nitrogens with zero attached hydrogens (tertiary/aromatic N) is 1. The van der Waals surface area contributed by atoms with Crippen LogP contribution in [0, 0.1) is 5.82 Å². The van der Waals surface area contributed by atoms with E-state index < -0.39 is 23.7 Å². The quantitative estimate of drug-likeness (QED) is 0.652. The first-order chi connectivity index (χ1) is 12.0. The zero-order valence-corrected chi connectivity index (χ0v) is 14.4. The van der Waals surface area contributed by atoms with E-state index >= 15 is 0 Å². The van der Waals surface area contributed by atoms with Gasteiger partial charge in [-0.25, -0.2) is 9.18 Å². The fourth-order valence-electron chi connectivity index (χ4n) is 2.49. The average Bonchev–Trinajstić information content (AvgIpc) is 2.84. The maximum absolute atomic E-state index is 13.3. The number of hydrogen-bond acceptors (Lipinski definition) is 4. The maximum atomic E-state index is 13.3. The molecule has 2 aromatic carbocycles. The Kier molecular flexibility index (Phi) is 4.96. The molecule has 0 aliphatic carbocycles. The monoisotopic (exact) mass is 373 g/mol. The van der Waals surface area contributed by atoms with E-state index in [1.54, 1.807) is 36.4 Å². The molecule has 0 spiro atoms. The molecule has 126 valence electrons. The summed E-state index contributed by atoms with van der Waals surface area (Å²) in [7, 11) is 0. The predicted octanol–water partition coefficient (Wildman–Crippen LogP) is 3.85. The third-order valence-corrected chi connectivity index (χ3v) is 4.91. The van der Waals surface area contributed by atoms with Crippen LogP contribution in [-0.2, 0) is 9.59 Å². The Morgan fingerprint density at radius 1 is 1.20 bits per heavy atom. The van der Waals surface area contributed by atoms with Crippen LogP contribution in [-0.4, -0.2) is 26.2 Å². The van der Waals surface area contributed by atoms with Gasteiger partial charge in [-0.15, -0.1) is 0 Å². The highest BCUT2D eigenvalue weighted by Gasteiger charge is 2.41. The standard InChI is InChI=1S/C18H12FNO3S2/c19-13-8-4-5-11(9-13)10-14-16(21)20(18(24)25-14)15(17(22)23)12-6-2-1-3-7-12/h1-10,15H,(H,22,23)/b14-10-/t15-/m1/s1. The molecule has 0 bridgehead atoms. The number of carbonyl (C=O) groups excluding carboxylic acids is 1. The van der Waals surface area contributed by atoms with Crippen LogP contribution in [0.15, 0.2) is 59.5 Å². The number of aliphatic carboxylic acids is 1. The number of halogens is 1. The van der Waals surface area contributed by atoms with E-state index in [4.69, 9.17) is 12.2 Å². The maximum Gasteiger partial charge on any atom is 0.331 e. The molecule has 0 aromatic heterocycles. The van der Waals surface area contributed by atoms with Crippen LogP contribution in [0.3, 0.4) is 0 Å². The molecule has 0 radical (unpaired) electrons. The SMILES string of the molecule is O=C(O)[C@@H](c1ccccc1)N1C(=O)/C(=C/c2cccc(F)c2)SC1=S. The smallest absolute Gasteiger partial charge is 0.331 e. The first-order valence-corrected chi connectivity index (χ1v) is 8.50. The summed E-state index contributed by atoms with van der Waals surface area (Å²) in [5.41, 5.74) is 0.963. The van der Waals surface area contributed by atoms with Gasteiger partial charge in [-0.05, 0) is 29.3 Å². The van der Waals surface area contributed by atoms with Crippen LogP contribution in [0.2, 0.25) is 0 Å². The number of thiocarbonyl (C=S) groups is 1. The van der Waals surface area contributed by atoms with E-state index in [9.17, 15) is 19.1 Å². The zero-order valence-electron chi connectivity index (χ0n) is 12.8. The highest BCUT2D eigenvalue weighted by Crippen LogP contribution is 2.38. The van der Waals surface area contributed by atoms with Crippen LogP contribution in [0.4, 0.5) is 4.39 Å². The van der Waals surface area contributed by atoms with E-state index in [1.807, 2.05) is 0 Å².